The summed E-state index contributed by atoms with van der Waals surface area (Å²) in [6, 6.07) is 15.4. The zero-order chi connectivity index (χ0) is 16.8. The fourth-order valence-corrected chi connectivity index (χ4v) is 3.36. The Hall–Kier alpha value is -1.91. The van der Waals surface area contributed by atoms with Crippen LogP contribution in [0.1, 0.15) is 18.1 Å². The standard InChI is InChI=1S/C20H25FN2O/c1-2-24-20-9-5-18(6-10-20)16-23-13-11-22(12-14-23)15-17-3-7-19(21)8-4-17/h3-10H,2,11-16H2,1H3/p+2. The number of rotatable bonds is 6. The second-order valence-electron chi connectivity index (χ2n) is 6.56. The van der Waals surface area contributed by atoms with Gasteiger partial charge < -0.3 is 14.5 Å². The predicted octanol–water partition coefficient (Wildman–Crippen LogP) is 0.708. The molecule has 0 unspecified atom stereocenters. The molecule has 2 aromatic rings. The van der Waals surface area contributed by atoms with E-state index in [9.17, 15) is 4.39 Å². The fourth-order valence-electron chi connectivity index (χ4n) is 3.36. The molecule has 2 aromatic carbocycles. The second-order valence-corrected chi connectivity index (χ2v) is 6.56. The summed E-state index contributed by atoms with van der Waals surface area (Å²) in [7, 11) is 0. The topological polar surface area (TPSA) is 18.1 Å². The highest BCUT2D eigenvalue weighted by Crippen LogP contribution is 2.11. The first-order chi connectivity index (χ1) is 11.7. The van der Waals surface area contributed by atoms with E-state index in [1.807, 2.05) is 19.1 Å². The third kappa shape index (κ3) is 4.79. The van der Waals surface area contributed by atoms with Gasteiger partial charge in [-0.3, -0.25) is 0 Å². The van der Waals surface area contributed by atoms with Crippen molar-refractivity contribution in [2.75, 3.05) is 32.8 Å². The van der Waals surface area contributed by atoms with Gasteiger partial charge in [-0.15, -0.1) is 0 Å². The number of piperazine rings is 1. The van der Waals surface area contributed by atoms with Gasteiger partial charge in [0.1, 0.15) is 50.8 Å². The van der Waals surface area contributed by atoms with Crippen molar-refractivity contribution in [3.63, 3.8) is 0 Å². The van der Waals surface area contributed by atoms with Crippen LogP contribution in [-0.2, 0) is 13.1 Å². The van der Waals surface area contributed by atoms with Gasteiger partial charge in [0.05, 0.1) is 6.61 Å². The molecular weight excluding hydrogens is 303 g/mol. The first-order valence-electron chi connectivity index (χ1n) is 8.86. The predicted molar refractivity (Wildman–Crippen MR) is 92.8 cm³/mol. The summed E-state index contributed by atoms with van der Waals surface area (Å²) in [5.41, 5.74) is 2.59. The van der Waals surface area contributed by atoms with Gasteiger partial charge >= 0.3 is 0 Å². The van der Waals surface area contributed by atoms with Crippen molar-refractivity contribution in [1.82, 2.24) is 0 Å². The van der Waals surface area contributed by atoms with Gasteiger partial charge in [-0.2, -0.15) is 0 Å². The number of hydrogen-bond donors (Lipinski definition) is 2. The number of nitrogens with one attached hydrogen (secondary N) is 2. The summed E-state index contributed by atoms with van der Waals surface area (Å²) >= 11 is 0. The lowest BCUT2D eigenvalue weighted by Gasteiger charge is -2.29. The molecule has 0 amide bonds. The highest BCUT2D eigenvalue weighted by atomic mass is 19.1. The molecule has 1 aliphatic heterocycles. The van der Waals surface area contributed by atoms with Crippen LogP contribution < -0.4 is 14.5 Å². The van der Waals surface area contributed by atoms with Crippen molar-refractivity contribution >= 4 is 0 Å². The van der Waals surface area contributed by atoms with Crippen LogP contribution in [0.2, 0.25) is 0 Å². The molecule has 1 heterocycles. The molecule has 1 saturated heterocycles. The van der Waals surface area contributed by atoms with Gasteiger partial charge in [0, 0.05) is 11.1 Å². The number of ether oxygens (including phenoxy) is 1. The van der Waals surface area contributed by atoms with Crippen molar-refractivity contribution in [3.8, 4) is 5.75 Å². The van der Waals surface area contributed by atoms with Gasteiger partial charge in [0.2, 0.25) is 0 Å². The van der Waals surface area contributed by atoms with Crippen LogP contribution in [0, 0.1) is 5.82 Å². The molecule has 2 N–H and O–H groups in total. The van der Waals surface area contributed by atoms with Crippen LogP contribution in [0.3, 0.4) is 0 Å². The Kier molecular flexibility index (Phi) is 5.83. The molecule has 128 valence electrons. The van der Waals surface area contributed by atoms with Gasteiger partial charge in [-0.25, -0.2) is 4.39 Å². The molecule has 0 saturated carbocycles. The fraction of sp³-hybridized carbons (Fsp3) is 0.400. The van der Waals surface area contributed by atoms with Crippen molar-refractivity contribution in [2.24, 2.45) is 0 Å². The lowest BCUT2D eigenvalue weighted by Crippen LogP contribution is -3.27. The maximum atomic E-state index is 13.0. The third-order valence-electron chi connectivity index (χ3n) is 4.72. The van der Waals surface area contributed by atoms with E-state index in [0.717, 1.165) is 18.8 Å². The summed E-state index contributed by atoms with van der Waals surface area (Å²) in [4.78, 5) is 3.24. The molecule has 4 heteroatoms. The molecule has 0 bridgehead atoms. The largest absolute Gasteiger partial charge is 0.494 e. The Morgan fingerprint density at radius 1 is 0.792 bits per heavy atom. The van der Waals surface area contributed by atoms with Crippen LogP contribution in [0.5, 0.6) is 5.75 Å². The van der Waals surface area contributed by atoms with Crippen molar-refractivity contribution < 1.29 is 18.9 Å². The summed E-state index contributed by atoms with van der Waals surface area (Å²) < 4.78 is 18.5. The minimum Gasteiger partial charge on any atom is -0.494 e. The van der Waals surface area contributed by atoms with E-state index >= 15 is 0 Å². The quantitative estimate of drug-likeness (QED) is 0.798. The molecule has 24 heavy (non-hydrogen) atoms. The zero-order valence-electron chi connectivity index (χ0n) is 14.4. The Labute approximate surface area is 143 Å². The lowest BCUT2D eigenvalue weighted by atomic mass is 10.1. The highest BCUT2D eigenvalue weighted by molar-refractivity contribution is 5.26. The van der Waals surface area contributed by atoms with Gasteiger partial charge in [0.15, 0.2) is 0 Å². The average Bonchev–Trinajstić information content (AvgIpc) is 2.61. The summed E-state index contributed by atoms with van der Waals surface area (Å²) in [5, 5.41) is 0. The van der Waals surface area contributed by atoms with E-state index in [4.69, 9.17) is 4.74 Å². The molecule has 3 rings (SSSR count). The number of hydrogen-bond acceptors (Lipinski definition) is 1. The van der Waals surface area contributed by atoms with Crippen LogP contribution in [0.4, 0.5) is 4.39 Å². The number of quaternary nitrogens is 2. The van der Waals surface area contributed by atoms with Crippen molar-refractivity contribution in [2.45, 2.75) is 20.0 Å². The molecule has 0 atom stereocenters. The molecule has 0 radical (unpaired) electrons. The van der Waals surface area contributed by atoms with Gasteiger partial charge in [-0.1, -0.05) is 12.1 Å². The van der Waals surface area contributed by atoms with E-state index in [1.54, 1.807) is 21.9 Å². The molecule has 3 nitrogen and oxygen atoms in total. The van der Waals surface area contributed by atoms with Crippen LogP contribution >= 0.6 is 0 Å². The molecular formula is C20H27FN2O+2. The normalized spacial score (nSPS) is 20.8. The smallest absolute Gasteiger partial charge is 0.127 e. The lowest BCUT2D eigenvalue weighted by molar-refractivity contribution is -1.02. The summed E-state index contributed by atoms with van der Waals surface area (Å²) in [5.74, 6) is 0.795. The van der Waals surface area contributed by atoms with Crippen LogP contribution in [-0.4, -0.2) is 32.8 Å². The SMILES string of the molecule is CCOc1ccc(C[NH+]2CC[NH+](Cc3ccc(F)cc3)CC2)cc1. The molecule has 0 aromatic heterocycles. The van der Waals surface area contributed by atoms with E-state index < -0.39 is 0 Å². The maximum absolute atomic E-state index is 13.0. The van der Waals surface area contributed by atoms with Crippen molar-refractivity contribution in [3.05, 3.63) is 65.5 Å². The average molecular weight is 330 g/mol. The summed E-state index contributed by atoms with van der Waals surface area (Å²) in [6.07, 6.45) is 0. The second kappa shape index (κ2) is 8.27. The Bertz CT molecular complexity index is 619. The van der Waals surface area contributed by atoms with Crippen molar-refractivity contribution in [1.29, 1.82) is 0 Å². The van der Waals surface area contributed by atoms with E-state index in [1.165, 1.54) is 37.3 Å². The first kappa shape index (κ1) is 16.9. The number of halogens is 1. The highest BCUT2D eigenvalue weighted by Gasteiger charge is 2.23. The minimum absolute atomic E-state index is 0.154. The minimum atomic E-state index is -0.154. The van der Waals surface area contributed by atoms with E-state index in [-0.39, 0.29) is 5.82 Å². The van der Waals surface area contributed by atoms with Gasteiger partial charge in [-0.05, 0) is 43.3 Å². The van der Waals surface area contributed by atoms with Gasteiger partial charge in [0.25, 0.3) is 0 Å². The Morgan fingerprint density at radius 2 is 1.25 bits per heavy atom. The molecule has 0 aliphatic carbocycles. The van der Waals surface area contributed by atoms with Crippen LogP contribution in [0.25, 0.3) is 0 Å². The zero-order valence-corrected chi connectivity index (χ0v) is 14.4. The molecule has 1 aliphatic rings. The molecule has 0 spiro atoms. The Balaban J connectivity index is 1.45. The summed E-state index contributed by atoms with van der Waals surface area (Å²) in [6.45, 7) is 9.50. The monoisotopic (exact) mass is 330 g/mol. The first-order valence-corrected chi connectivity index (χ1v) is 8.86. The maximum Gasteiger partial charge on any atom is 0.127 e. The van der Waals surface area contributed by atoms with Crippen LogP contribution in [0.15, 0.2) is 48.5 Å². The van der Waals surface area contributed by atoms with E-state index in [2.05, 4.69) is 24.3 Å². The Morgan fingerprint density at radius 3 is 1.71 bits per heavy atom. The molecule has 1 fully saturated rings. The third-order valence-corrected chi connectivity index (χ3v) is 4.72. The number of benzene rings is 2. The van der Waals surface area contributed by atoms with E-state index in [0.29, 0.717) is 6.61 Å².